The minimum absolute atomic E-state index is 0.733. The van der Waals surface area contributed by atoms with Gasteiger partial charge in [-0.05, 0) is 32.6 Å². The molecule has 0 heterocycles. The molecule has 5 heteroatoms. The van der Waals surface area contributed by atoms with Crippen LogP contribution in [0.3, 0.4) is 0 Å². The zero-order valence-electron chi connectivity index (χ0n) is 12.4. The maximum absolute atomic E-state index is 3.64. The molecule has 0 saturated heterocycles. The average Bonchev–Trinajstić information content (AvgIpc) is 2.14. The Morgan fingerprint density at radius 1 is 1.06 bits per heavy atom. The summed E-state index contributed by atoms with van der Waals surface area (Å²) in [6, 6.07) is 1.26. The van der Waals surface area contributed by atoms with Crippen molar-refractivity contribution in [2.45, 2.75) is 46.5 Å². The van der Waals surface area contributed by atoms with Gasteiger partial charge in [-0.25, -0.2) is 0 Å². The van der Waals surface area contributed by atoms with Gasteiger partial charge in [0.1, 0.15) is 8.24 Å². The second kappa shape index (κ2) is 6.30. The lowest BCUT2D eigenvalue weighted by Gasteiger charge is -2.48. The molecule has 98 valence electrons. The fourth-order valence-corrected chi connectivity index (χ4v) is 12.2. The van der Waals surface area contributed by atoms with Crippen molar-refractivity contribution in [2.24, 2.45) is 5.92 Å². The lowest BCUT2D eigenvalue weighted by atomic mass is 10.3. The summed E-state index contributed by atoms with van der Waals surface area (Å²) in [6.07, 6.45) is 0. The summed E-state index contributed by atoms with van der Waals surface area (Å²) in [7, 11) is 1.30. The van der Waals surface area contributed by atoms with Crippen LogP contribution in [0, 0.1) is 5.92 Å². The molecule has 0 fully saturated rings. The lowest BCUT2D eigenvalue weighted by molar-refractivity contribution is 0.563. The largest absolute Gasteiger partial charge is 0.322 e. The Bertz CT molecular complexity index is 198. The topological polar surface area (TPSA) is 27.3 Å². The van der Waals surface area contributed by atoms with Gasteiger partial charge in [-0.3, -0.25) is 0 Å². The Balaban J connectivity index is 5.12. The van der Waals surface area contributed by atoms with E-state index in [0.717, 1.165) is 12.5 Å². The molecule has 0 atom stereocenters. The monoisotopic (exact) mass is 261 g/mol. The van der Waals surface area contributed by atoms with Crippen LogP contribution in [0.1, 0.15) is 20.8 Å². The molecule has 0 saturated carbocycles. The lowest BCUT2D eigenvalue weighted by Crippen LogP contribution is -2.77. The molecule has 0 aromatic carbocycles. The van der Waals surface area contributed by atoms with Gasteiger partial charge in [0, 0.05) is 0 Å². The second-order valence-electron chi connectivity index (χ2n) is 5.87. The molecule has 0 aliphatic carbocycles. The van der Waals surface area contributed by atoms with Gasteiger partial charge in [0.15, 0.2) is 0 Å². The summed E-state index contributed by atoms with van der Waals surface area (Å²) in [5.74, 6) is 0.733. The fourth-order valence-electron chi connectivity index (χ4n) is 2.62. The van der Waals surface area contributed by atoms with E-state index in [1.807, 2.05) is 0 Å². The molecule has 0 bridgehead atoms. The fraction of sp³-hybridized carbons (Fsp3) is 1.00. The minimum atomic E-state index is -1.68. The quantitative estimate of drug-likeness (QED) is 0.688. The molecule has 0 rings (SSSR count). The highest BCUT2D eigenvalue weighted by Crippen LogP contribution is 2.21. The van der Waals surface area contributed by atoms with Crippen molar-refractivity contribution < 1.29 is 0 Å². The van der Waals surface area contributed by atoms with Gasteiger partial charge in [0.25, 0.3) is 8.56 Å². The van der Waals surface area contributed by atoms with Crippen molar-refractivity contribution in [1.82, 2.24) is 14.2 Å². The molecule has 2 N–H and O–H groups in total. The predicted molar refractivity (Wildman–Crippen MR) is 79.2 cm³/mol. The molecule has 0 aromatic heterocycles. The summed E-state index contributed by atoms with van der Waals surface area (Å²) in [4.78, 5) is 7.29. The first-order chi connectivity index (χ1) is 7.23. The summed E-state index contributed by atoms with van der Waals surface area (Å²) >= 11 is 0. The molecule has 0 aromatic rings. The van der Waals surface area contributed by atoms with E-state index in [2.05, 4.69) is 68.7 Å². The third-order valence-electron chi connectivity index (χ3n) is 3.12. The van der Waals surface area contributed by atoms with E-state index in [1.165, 1.54) is 6.04 Å². The number of rotatable bonds is 7. The highest BCUT2D eigenvalue weighted by atomic mass is 28.4. The molecule has 0 spiro atoms. The first kappa shape index (κ1) is 16.3. The van der Waals surface area contributed by atoms with Gasteiger partial charge in [0.05, 0.1) is 0 Å². The van der Waals surface area contributed by atoms with Gasteiger partial charge >= 0.3 is 0 Å². The van der Waals surface area contributed by atoms with Crippen LogP contribution in [0.5, 0.6) is 0 Å². The Labute approximate surface area is 104 Å². The SMILES string of the molecule is CCN([Si](C)(C)C)[Si](CC(C)C)(NC)NC. The van der Waals surface area contributed by atoms with Crippen LogP contribution in [0.15, 0.2) is 0 Å². The summed E-state index contributed by atoms with van der Waals surface area (Å²) in [6.45, 7) is 15.4. The maximum Gasteiger partial charge on any atom is 0.277 e. The van der Waals surface area contributed by atoms with E-state index in [9.17, 15) is 0 Å². The zero-order chi connectivity index (χ0) is 13.0. The van der Waals surface area contributed by atoms with Crippen LogP contribution in [0.2, 0.25) is 25.7 Å². The van der Waals surface area contributed by atoms with E-state index in [0.29, 0.717) is 0 Å². The van der Waals surface area contributed by atoms with Crippen LogP contribution in [0.4, 0.5) is 0 Å². The van der Waals surface area contributed by atoms with E-state index >= 15 is 0 Å². The third-order valence-corrected chi connectivity index (χ3v) is 12.5. The van der Waals surface area contributed by atoms with Gasteiger partial charge in [0.2, 0.25) is 0 Å². The molecule has 0 unspecified atom stereocenters. The van der Waals surface area contributed by atoms with E-state index in [4.69, 9.17) is 0 Å². The Morgan fingerprint density at radius 3 is 1.69 bits per heavy atom. The minimum Gasteiger partial charge on any atom is -0.322 e. The maximum atomic E-state index is 3.64. The van der Waals surface area contributed by atoms with Crippen molar-refractivity contribution in [3.8, 4) is 0 Å². The van der Waals surface area contributed by atoms with Crippen LogP contribution >= 0.6 is 0 Å². The van der Waals surface area contributed by atoms with E-state index < -0.39 is 16.8 Å². The third kappa shape index (κ3) is 3.96. The van der Waals surface area contributed by atoms with Crippen molar-refractivity contribution in [2.75, 3.05) is 20.6 Å². The Hall–Kier alpha value is 0.314. The smallest absolute Gasteiger partial charge is 0.277 e. The predicted octanol–water partition coefficient (Wildman–Crippen LogP) is 2.18. The van der Waals surface area contributed by atoms with E-state index in [1.54, 1.807) is 0 Å². The molecule has 0 radical (unpaired) electrons. The number of hydrogen-bond donors (Lipinski definition) is 2. The van der Waals surface area contributed by atoms with Crippen molar-refractivity contribution in [3.63, 3.8) is 0 Å². The van der Waals surface area contributed by atoms with Gasteiger partial charge in [-0.2, -0.15) is 0 Å². The Morgan fingerprint density at radius 2 is 1.50 bits per heavy atom. The van der Waals surface area contributed by atoms with Gasteiger partial charge in [-0.15, -0.1) is 0 Å². The molecule has 0 amide bonds. The van der Waals surface area contributed by atoms with Crippen molar-refractivity contribution in [1.29, 1.82) is 0 Å². The summed E-state index contributed by atoms with van der Waals surface area (Å²) in [5.41, 5.74) is 0. The van der Waals surface area contributed by atoms with Crippen LogP contribution in [0.25, 0.3) is 0 Å². The zero-order valence-corrected chi connectivity index (χ0v) is 14.4. The van der Waals surface area contributed by atoms with Gasteiger partial charge in [-0.1, -0.05) is 40.4 Å². The first-order valence-corrected chi connectivity index (χ1v) is 12.0. The molecule has 0 aliphatic rings. The molecular weight excluding hydrogens is 230 g/mol. The second-order valence-corrected chi connectivity index (χ2v) is 14.9. The van der Waals surface area contributed by atoms with E-state index in [-0.39, 0.29) is 0 Å². The van der Waals surface area contributed by atoms with Crippen molar-refractivity contribution in [3.05, 3.63) is 0 Å². The number of nitrogens with one attached hydrogen (secondary N) is 2. The summed E-state index contributed by atoms with van der Waals surface area (Å²) < 4.78 is 2.76. The normalized spacial score (nSPS) is 13.9. The standard InChI is InChI=1S/C11H31N3Si2/c1-9-14(15(6,7)8)16(12-4,13-5)10-11(2)3/h11-13H,9-10H2,1-8H3. The molecule has 0 aliphatic heterocycles. The highest BCUT2D eigenvalue weighted by molar-refractivity contribution is 6.89. The van der Waals surface area contributed by atoms with Crippen LogP contribution < -0.4 is 9.96 Å². The molecule has 3 nitrogen and oxygen atoms in total. The summed E-state index contributed by atoms with van der Waals surface area (Å²) in [5, 5.41) is 0. The number of nitrogens with zero attached hydrogens (tertiary/aromatic N) is 1. The highest BCUT2D eigenvalue weighted by Gasteiger charge is 2.43. The average molecular weight is 262 g/mol. The van der Waals surface area contributed by atoms with Gasteiger partial charge < -0.3 is 14.2 Å². The van der Waals surface area contributed by atoms with Crippen molar-refractivity contribution >= 4 is 16.8 Å². The Kier molecular flexibility index (Phi) is 6.43. The molecule has 16 heavy (non-hydrogen) atoms. The number of hydrogen-bond acceptors (Lipinski definition) is 3. The first-order valence-electron chi connectivity index (χ1n) is 6.39. The van der Waals surface area contributed by atoms with Crippen LogP contribution in [-0.2, 0) is 0 Å². The van der Waals surface area contributed by atoms with Crippen LogP contribution in [-0.4, -0.2) is 41.7 Å². The molecular formula is C11H31N3Si2.